The van der Waals surface area contributed by atoms with Crippen LogP contribution in [0.2, 0.25) is 0 Å². The highest BCUT2D eigenvalue weighted by Crippen LogP contribution is 2.19. The summed E-state index contributed by atoms with van der Waals surface area (Å²) >= 11 is 0. The van der Waals surface area contributed by atoms with Gasteiger partial charge in [0.1, 0.15) is 6.04 Å². The van der Waals surface area contributed by atoms with Gasteiger partial charge in [0.2, 0.25) is 5.91 Å². The summed E-state index contributed by atoms with van der Waals surface area (Å²) in [5.74, 6) is -0.867. The fourth-order valence-corrected chi connectivity index (χ4v) is 3.56. The van der Waals surface area contributed by atoms with Crippen LogP contribution in [0.3, 0.4) is 0 Å². The molecule has 1 heterocycles. The Bertz CT molecular complexity index is 346. The molecule has 1 N–H and O–H groups in total. The fourth-order valence-electron chi connectivity index (χ4n) is 1.90. The maximum absolute atomic E-state index is 12.1. The van der Waals surface area contributed by atoms with Crippen molar-refractivity contribution in [1.82, 2.24) is 5.32 Å². The molecule has 4 atom stereocenters. The van der Waals surface area contributed by atoms with E-state index in [1.165, 1.54) is 14.0 Å². The van der Waals surface area contributed by atoms with Crippen LogP contribution in [-0.4, -0.2) is 53.0 Å². The van der Waals surface area contributed by atoms with Crippen LogP contribution in [0.15, 0.2) is 0 Å². The van der Waals surface area contributed by atoms with E-state index >= 15 is 0 Å². The lowest BCUT2D eigenvalue weighted by atomic mass is 10.3. The Balaban J connectivity index is 2.62. The van der Waals surface area contributed by atoms with E-state index < -0.39 is 22.8 Å². The van der Waals surface area contributed by atoms with Gasteiger partial charge in [0, 0.05) is 24.3 Å². The highest BCUT2D eigenvalue weighted by atomic mass is 32.2. The van der Waals surface area contributed by atoms with Crippen molar-refractivity contribution in [3.8, 4) is 0 Å². The molecule has 1 aliphatic heterocycles. The molecule has 0 aromatic heterocycles. The summed E-state index contributed by atoms with van der Waals surface area (Å²) in [6, 6.07) is -0.860. The van der Waals surface area contributed by atoms with Crippen LogP contribution in [-0.2, 0) is 29.9 Å². The summed E-state index contributed by atoms with van der Waals surface area (Å²) < 4.78 is 22.1. The van der Waals surface area contributed by atoms with E-state index in [0.717, 1.165) is 0 Å². The maximum atomic E-state index is 12.1. The molecule has 0 aromatic carbocycles. The molecule has 18 heavy (non-hydrogen) atoms. The molecule has 0 radical (unpaired) electrons. The molecule has 0 saturated carbocycles. The summed E-state index contributed by atoms with van der Waals surface area (Å²) in [5.41, 5.74) is 0. The standard InChI is InChI=1S/C11H19NO5S/c1-7-10(4-5-17-7)18(15)6-9(11(14)16-3)12-8(2)13/h7,9-10H,4-6H2,1-3H3,(H,12,13). The van der Waals surface area contributed by atoms with Crippen molar-refractivity contribution < 1.29 is 23.3 Å². The lowest BCUT2D eigenvalue weighted by Crippen LogP contribution is -2.45. The first-order chi connectivity index (χ1) is 8.45. The van der Waals surface area contributed by atoms with Gasteiger partial charge in [0.15, 0.2) is 0 Å². The van der Waals surface area contributed by atoms with E-state index in [4.69, 9.17) is 4.74 Å². The number of hydrogen-bond donors (Lipinski definition) is 1. The van der Waals surface area contributed by atoms with Gasteiger partial charge in [-0.25, -0.2) is 4.79 Å². The lowest BCUT2D eigenvalue weighted by Gasteiger charge is -2.19. The first-order valence-electron chi connectivity index (χ1n) is 5.79. The zero-order chi connectivity index (χ0) is 13.7. The average molecular weight is 277 g/mol. The van der Waals surface area contributed by atoms with Crippen LogP contribution >= 0.6 is 0 Å². The Morgan fingerprint density at radius 3 is 2.67 bits per heavy atom. The fraction of sp³-hybridized carbons (Fsp3) is 0.818. The normalized spacial score (nSPS) is 26.4. The van der Waals surface area contributed by atoms with Gasteiger partial charge in [-0.05, 0) is 13.3 Å². The van der Waals surface area contributed by atoms with Crippen molar-refractivity contribution in [3.63, 3.8) is 0 Å². The highest BCUT2D eigenvalue weighted by molar-refractivity contribution is 7.85. The van der Waals surface area contributed by atoms with Gasteiger partial charge in [-0.2, -0.15) is 0 Å². The Morgan fingerprint density at radius 1 is 1.56 bits per heavy atom. The molecule has 0 spiro atoms. The predicted octanol–water partition coefficient (Wildman–Crippen LogP) is -0.410. The lowest BCUT2D eigenvalue weighted by molar-refractivity contribution is -0.144. The maximum Gasteiger partial charge on any atom is 0.329 e. The third-order valence-electron chi connectivity index (χ3n) is 2.84. The molecule has 0 bridgehead atoms. The van der Waals surface area contributed by atoms with E-state index in [2.05, 4.69) is 10.1 Å². The molecule has 1 amide bonds. The molecule has 1 saturated heterocycles. The minimum atomic E-state index is -1.23. The number of carbonyl (C=O) groups excluding carboxylic acids is 2. The van der Waals surface area contributed by atoms with Crippen molar-refractivity contribution in [3.05, 3.63) is 0 Å². The Morgan fingerprint density at radius 2 is 2.22 bits per heavy atom. The molecular weight excluding hydrogens is 258 g/mol. The smallest absolute Gasteiger partial charge is 0.329 e. The van der Waals surface area contributed by atoms with Crippen LogP contribution < -0.4 is 5.32 Å². The second kappa shape index (κ2) is 6.84. The van der Waals surface area contributed by atoms with Gasteiger partial charge in [-0.15, -0.1) is 0 Å². The SMILES string of the molecule is COC(=O)C(CS(=O)C1CCOC1C)NC(C)=O. The number of methoxy groups -OCH3 is 1. The molecule has 1 aliphatic rings. The number of rotatable bonds is 5. The molecule has 0 aromatic rings. The van der Waals surface area contributed by atoms with Crippen LogP contribution in [0, 0.1) is 0 Å². The first kappa shape index (κ1) is 15.1. The molecule has 1 rings (SSSR count). The van der Waals surface area contributed by atoms with Gasteiger partial charge < -0.3 is 14.8 Å². The van der Waals surface area contributed by atoms with E-state index in [1.807, 2.05) is 6.92 Å². The third-order valence-corrected chi connectivity index (χ3v) is 4.79. The van der Waals surface area contributed by atoms with Gasteiger partial charge in [0.05, 0.1) is 24.2 Å². The van der Waals surface area contributed by atoms with E-state index in [1.54, 1.807) is 0 Å². The predicted molar refractivity (Wildman–Crippen MR) is 66.4 cm³/mol. The first-order valence-corrected chi connectivity index (χ1v) is 7.17. The summed E-state index contributed by atoms with van der Waals surface area (Å²) in [5, 5.41) is 2.36. The number of nitrogens with one attached hydrogen (secondary N) is 1. The number of esters is 1. The summed E-state index contributed by atoms with van der Waals surface area (Å²) in [4.78, 5) is 22.5. The minimum Gasteiger partial charge on any atom is -0.467 e. The number of ether oxygens (including phenoxy) is 2. The van der Waals surface area contributed by atoms with E-state index in [9.17, 15) is 13.8 Å². The monoisotopic (exact) mass is 277 g/mol. The van der Waals surface area contributed by atoms with Crippen LogP contribution in [0.1, 0.15) is 20.3 Å². The second-order valence-corrected chi connectivity index (χ2v) is 5.93. The second-order valence-electron chi connectivity index (χ2n) is 4.23. The molecule has 7 heteroatoms. The van der Waals surface area contributed by atoms with Crippen molar-refractivity contribution in [1.29, 1.82) is 0 Å². The number of amides is 1. The highest BCUT2D eigenvalue weighted by Gasteiger charge is 2.33. The van der Waals surface area contributed by atoms with Crippen LogP contribution in [0.25, 0.3) is 0 Å². The summed E-state index contributed by atoms with van der Waals surface area (Å²) in [6.07, 6.45) is 0.628. The Labute approximate surface area is 109 Å². The van der Waals surface area contributed by atoms with Gasteiger partial charge in [-0.1, -0.05) is 0 Å². The van der Waals surface area contributed by atoms with Gasteiger partial charge in [0.25, 0.3) is 0 Å². The average Bonchev–Trinajstić information content (AvgIpc) is 2.73. The molecule has 4 unspecified atom stereocenters. The largest absolute Gasteiger partial charge is 0.467 e. The minimum absolute atomic E-state index is 0.0601. The topological polar surface area (TPSA) is 81.7 Å². The Kier molecular flexibility index (Phi) is 5.74. The molecule has 0 aliphatic carbocycles. The summed E-state index contributed by atoms with van der Waals surface area (Å²) in [7, 11) is 0.00280. The molecular formula is C11H19NO5S. The third kappa shape index (κ3) is 4.06. The van der Waals surface area contributed by atoms with Crippen molar-refractivity contribution in [2.45, 2.75) is 37.7 Å². The quantitative estimate of drug-likeness (QED) is 0.691. The van der Waals surface area contributed by atoms with Crippen molar-refractivity contribution in [2.24, 2.45) is 0 Å². The molecule has 1 fully saturated rings. The van der Waals surface area contributed by atoms with Crippen LogP contribution in [0.4, 0.5) is 0 Å². The molecule has 104 valence electrons. The van der Waals surface area contributed by atoms with Crippen molar-refractivity contribution in [2.75, 3.05) is 19.5 Å². The van der Waals surface area contributed by atoms with E-state index in [-0.39, 0.29) is 23.0 Å². The zero-order valence-electron chi connectivity index (χ0n) is 10.8. The van der Waals surface area contributed by atoms with Crippen molar-refractivity contribution >= 4 is 22.7 Å². The summed E-state index contributed by atoms with van der Waals surface area (Å²) in [6.45, 7) is 3.75. The number of hydrogen-bond acceptors (Lipinski definition) is 5. The van der Waals surface area contributed by atoms with E-state index in [0.29, 0.717) is 13.0 Å². The zero-order valence-corrected chi connectivity index (χ0v) is 11.6. The Hall–Kier alpha value is -0.950. The van der Waals surface area contributed by atoms with Gasteiger partial charge >= 0.3 is 5.97 Å². The van der Waals surface area contributed by atoms with Gasteiger partial charge in [-0.3, -0.25) is 9.00 Å². The molecule has 6 nitrogen and oxygen atoms in total. The van der Waals surface area contributed by atoms with Crippen LogP contribution in [0.5, 0.6) is 0 Å². The number of carbonyl (C=O) groups is 2.